The number of fused-ring (bicyclic) bond motifs is 1. The van der Waals surface area contributed by atoms with Crippen molar-refractivity contribution in [2.45, 2.75) is 31.7 Å². The Bertz CT molecular complexity index is 259. The Morgan fingerprint density at radius 3 is 2.94 bits per heavy atom. The summed E-state index contributed by atoms with van der Waals surface area (Å²) < 4.78 is 0. The van der Waals surface area contributed by atoms with Crippen LogP contribution in [0.25, 0.3) is 0 Å². The molecule has 2 atom stereocenters. The zero-order valence-electron chi connectivity index (χ0n) is 9.99. The Kier molecular flexibility index (Phi) is 4.09. The van der Waals surface area contributed by atoms with Gasteiger partial charge in [-0.2, -0.15) is 0 Å². The molecule has 4 heteroatoms. The van der Waals surface area contributed by atoms with Gasteiger partial charge in [0.15, 0.2) is 0 Å². The molecule has 2 rings (SSSR count). The largest absolute Gasteiger partial charge is 0.342 e. The molecule has 0 aromatic carbocycles. The molecule has 0 aromatic rings. The first-order valence-corrected chi connectivity index (χ1v) is 6.80. The molecule has 2 unspecified atom stereocenters. The summed E-state index contributed by atoms with van der Waals surface area (Å²) in [5.41, 5.74) is 0. The molecule has 0 aromatic heterocycles. The second kappa shape index (κ2) is 5.37. The van der Waals surface area contributed by atoms with Crippen molar-refractivity contribution in [2.24, 2.45) is 5.92 Å². The van der Waals surface area contributed by atoms with Crippen LogP contribution in [0.4, 0.5) is 0 Å². The van der Waals surface area contributed by atoms with Gasteiger partial charge in [-0.3, -0.25) is 4.79 Å². The van der Waals surface area contributed by atoms with Crippen LogP contribution >= 0.6 is 11.6 Å². The average molecular weight is 245 g/mol. The highest BCUT2D eigenvalue weighted by molar-refractivity contribution is 6.18. The minimum absolute atomic E-state index is 0.238. The van der Waals surface area contributed by atoms with Crippen molar-refractivity contribution in [3.8, 4) is 0 Å². The monoisotopic (exact) mass is 244 g/mol. The van der Waals surface area contributed by atoms with E-state index in [9.17, 15) is 4.79 Å². The summed E-state index contributed by atoms with van der Waals surface area (Å²) in [6, 6.07) is 0.703. The Hall–Kier alpha value is -0.280. The van der Waals surface area contributed by atoms with Crippen molar-refractivity contribution in [1.29, 1.82) is 0 Å². The topological polar surface area (TPSA) is 23.6 Å². The second-order valence-electron chi connectivity index (χ2n) is 5.02. The number of nitrogens with zero attached hydrogens (tertiary/aromatic N) is 2. The van der Waals surface area contributed by atoms with Gasteiger partial charge >= 0.3 is 0 Å². The summed E-state index contributed by atoms with van der Waals surface area (Å²) in [6.07, 6.45) is 4.18. The predicted octanol–water partition coefficient (Wildman–Crippen LogP) is 1.56. The van der Waals surface area contributed by atoms with Gasteiger partial charge in [-0.15, -0.1) is 11.6 Å². The van der Waals surface area contributed by atoms with E-state index in [1.807, 2.05) is 4.90 Å². The van der Waals surface area contributed by atoms with Crippen LogP contribution in [-0.2, 0) is 4.79 Å². The third-order valence-electron chi connectivity index (χ3n) is 4.01. The first-order chi connectivity index (χ1) is 7.72. The average Bonchev–Trinajstić information content (AvgIpc) is 2.29. The Morgan fingerprint density at radius 2 is 2.19 bits per heavy atom. The Morgan fingerprint density at radius 1 is 1.38 bits per heavy atom. The maximum atomic E-state index is 11.8. The lowest BCUT2D eigenvalue weighted by Crippen LogP contribution is -2.53. The van der Waals surface area contributed by atoms with E-state index >= 15 is 0 Å². The quantitative estimate of drug-likeness (QED) is 0.689. The van der Waals surface area contributed by atoms with E-state index in [4.69, 9.17) is 11.6 Å². The van der Waals surface area contributed by atoms with Gasteiger partial charge in [-0.05, 0) is 38.8 Å². The molecule has 1 amide bonds. The predicted molar refractivity (Wildman–Crippen MR) is 65.7 cm³/mol. The van der Waals surface area contributed by atoms with Crippen LogP contribution in [0.1, 0.15) is 25.7 Å². The van der Waals surface area contributed by atoms with Crippen LogP contribution in [0.2, 0.25) is 0 Å². The minimum atomic E-state index is 0.238. The van der Waals surface area contributed by atoms with Crippen molar-refractivity contribution < 1.29 is 4.79 Å². The third kappa shape index (κ3) is 2.51. The third-order valence-corrected chi connectivity index (χ3v) is 4.20. The number of halogens is 1. The lowest BCUT2D eigenvalue weighted by Gasteiger charge is -2.46. The number of carbonyl (C=O) groups excluding carboxylic acids is 1. The zero-order chi connectivity index (χ0) is 11.5. The fraction of sp³-hybridized carbons (Fsp3) is 0.917. The van der Waals surface area contributed by atoms with Crippen LogP contribution in [0.3, 0.4) is 0 Å². The van der Waals surface area contributed by atoms with Gasteiger partial charge in [0.25, 0.3) is 0 Å². The Labute approximate surface area is 103 Å². The molecule has 0 spiro atoms. The number of amides is 1. The van der Waals surface area contributed by atoms with E-state index in [-0.39, 0.29) is 5.91 Å². The molecule has 2 heterocycles. The fourth-order valence-electron chi connectivity index (χ4n) is 3.12. The highest BCUT2D eigenvalue weighted by Gasteiger charge is 2.35. The van der Waals surface area contributed by atoms with Crippen LogP contribution < -0.4 is 0 Å². The summed E-state index contributed by atoms with van der Waals surface area (Å²) in [5.74, 6) is 1.37. The van der Waals surface area contributed by atoms with Crippen LogP contribution in [-0.4, -0.2) is 54.3 Å². The molecule has 0 bridgehead atoms. The van der Waals surface area contributed by atoms with Gasteiger partial charge in [-0.1, -0.05) is 0 Å². The molecule has 92 valence electrons. The number of rotatable bonds is 2. The van der Waals surface area contributed by atoms with E-state index < -0.39 is 0 Å². The van der Waals surface area contributed by atoms with Gasteiger partial charge in [0.1, 0.15) is 0 Å². The molecule has 2 aliphatic rings. The van der Waals surface area contributed by atoms with Crippen molar-refractivity contribution in [3.05, 3.63) is 0 Å². The number of hydrogen-bond donors (Lipinski definition) is 0. The maximum Gasteiger partial charge on any atom is 0.223 e. The van der Waals surface area contributed by atoms with Gasteiger partial charge in [0.05, 0.1) is 0 Å². The zero-order valence-corrected chi connectivity index (χ0v) is 10.7. The molecule has 2 aliphatic heterocycles. The summed E-state index contributed by atoms with van der Waals surface area (Å²) in [5, 5.41) is 0. The molecule has 0 saturated carbocycles. The van der Waals surface area contributed by atoms with Gasteiger partial charge in [0, 0.05) is 31.4 Å². The first kappa shape index (κ1) is 12.2. The molecule has 3 nitrogen and oxygen atoms in total. The highest BCUT2D eigenvalue weighted by atomic mass is 35.5. The lowest BCUT2D eigenvalue weighted by atomic mass is 9.84. The van der Waals surface area contributed by atoms with E-state index in [1.165, 1.54) is 19.4 Å². The Balaban J connectivity index is 1.92. The molecule has 0 aliphatic carbocycles. The molecular weight excluding hydrogens is 224 g/mol. The number of hydrogen-bond acceptors (Lipinski definition) is 2. The molecule has 0 radical (unpaired) electrons. The molecule has 2 fully saturated rings. The summed E-state index contributed by atoms with van der Waals surface area (Å²) in [4.78, 5) is 16.3. The van der Waals surface area contributed by atoms with Crippen molar-refractivity contribution >= 4 is 17.5 Å². The van der Waals surface area contributed by atoms with Crippen molar-refractivity contribution in [3.63, 3.8) is 0 Å². The van der Waals surface area contributed by atoms with Crippen LogP contribution in [0.5, 0.6) is 0 Å². The van der Waals surface area contributed by atoms with E-state index in [1.54, 1.807) is 0 Å². The number of carbonyl (C=O) groups is 1. The number of likely N-dealkylation sites (tertiary alicyclic amines) is 2. The maximum absolute atomic E-state index is 11.8. The fourth-order valence-corrected chi connectivity index (χ4v) is 3.28. The summed E-state index contributed by atoms with van der Waals surface area (Å²) >= 11 is 5.62. The van der Waals surface area contributed by atoms with E-state index in [0.29, 0.717) is 24.3 Å². The normalized spacial score (nSPS) is 31.2. The minimum Gasteiger partial charge on any atom is -0.342 e. The van der Waals surface area contributed by atoms with Crippen LogP contribution in [0, 0.1) is 5.92 Å². The number of alkyl halides is 1. The smallest absolute Gasteiger partial charge is 0.223 e. The van der Waals surface area contributed by atoms with Crippen LogP contribution in [0.15, 0.2) is 0 Å². The molecule has 0 N–H and O–H groups in total. The van der Waals surface area contributed by atoms with E-state index in [2.05, 4.69) is 11.9 Å². The molecule has 16 heavy (non-hydrogen) atoms. The van der Waals surface area contributed by atoms with Gasteiger partial charge < -0.3 is 9.80 Å². The first-order valence-electron chi connectivity index (χ1n) is 6.26. The SMILES string of the molecule is CN1CCCC2CN(C(=O)CCCl)CCC21. The summed E-state index contributed by atoms with van der Waals surface area (Å²) in [6.45, 7) is 3.09. The highest BCUT2D eigenvalue weighted by Crippen LogP contribution is 2.29. The number of piperidine rings is 2. The summed E-state index contributed by atoms with van der Waals surface area (Å²) in [7, 11) is 2.22. The standard InChI is InChI=1S/C12H21ClN2O/c1-14-7-2-3-10-9-15(8-5-11(10)14)12(16)4-6-13/h10-11H,2-9H2,1H3. The van der Waals surface area contributed by atoms with Crippen molar-refractivity contribution in [2.75, 3.05) is 32.6 Å². The van der Waals surface area contributed by atoms with Gasteiger partial charge in [0.2, 0.25) is 5.91 Å². The second-order valence-corrected chi connectivity index (χ2v) is 5.40. The molecule has 2 saturated heterocycles. The van der Waals surface area contributed by atoms with Crippen molar-refractivity contribution in [1.82, 2.24) is 9.80 Å². The van der Waals surface area contributed by atoms with Gasteiger partial charge in [-0.25, -0.2) is 0 Å². The lowest BCUT2D eigenvalue weighted by molar-refractivity contribution is -0.134. The van der Waals surface area contributed by atoms with E-state index in [0.717, 1.165) is 19.5 Å². The molecular formula is C12H21ClN2O.